The van der Waals surface area contributed by atoms with Crippen LogP contribution in [-0.4, -0.2) is 15.1 Å². The van der Waals surface area contributed by atoms with Gasteiger partial charge in [0.05, 0.1) is 11.9 Å². The van der Waals surface area contributed by atoms with Crippen LogP contribution in [0.1, 0.15) is 5.69 Å². The standard InChI is InChI=1S/C11H10N2O/c1-8-3-2-4-10(13-8)9-5-6-12-7-11(9)14/h2-7,14H,1H3. The minimum Gasteiger partial charge on any atom is -0.506 e. The van der Waals surface area contributed by atoms with E-state index in [1.165, 1.54) is 6.20 Å². The molecule has 14 heavy (non-hydrogen) atoms. The molecule has 0 amide bonds. The summed E-state index contributed by atoms with van der Waals surface area (Å²) in [5, 5.41) is 9.55. The largest absolute Gasteiger partial charge is 0.506 e. The van der Waals surface area contributed by atoms with Crippen LogP contribution in [0.15, 0.2) is 36.7 Å². The maximum Gasteiger partial charge on any atom is 0.143 e. The summed E-state index contributed by atoms with van der Waals surface area (Å²) in [6.45, 7) is 1.92. The zero-order chi connectivity index (χ0) is 9.97. The molecule has 2 aromatic rings. The Hall–Kier alpha value is -1.90. The molecule has 0 saturated heterocycles. The molecule has 2 aromatic heterocycles. The zero-order valence-electron chi connectivity index (χ0n) is 7.81. The first-order valence-corrected chi connectivity index (χ1v) is 4.34. The van der Waals surface area contributed by atoms with Crippen molar-refractivity contribution in [1.29, 1.82) is 0 Å². The van der Waals surface area contributed by atoms with Gasteiger partial charge in [0.15, 0.2) is 0 Å². The third-order valence-corrected chi connectivity index (χ3v) is 1.96. The Balaban J connectivity index is 2.55. The molecule has 0 aliphatic carbocycles. The molecule has 0 aliphatic rings. The molecule has 0 saturated carbocycles. The zero-order valence-corrected chi connectivity index (χ0v) is 7.81. The lowest BCUT2D eigenvalue weighted by Crippen LogP contribution is -1.86. The Labute approximate surface area is 82.1 Å². The number of pyridine rings is 2. The van der Waals surface area contributed by atoms with Gasteiger partial charge in [-0.05, 0) is 25.1 Å². The van der Waals surface area contributed by atoms with Crippen LogP contribution < -0.4 is 0 Å². The van der Waals surface area contributed by atoms with E-state index in [0.29, 0.717) is 5.56 Å². The van der Waals surface area contributed by atoms with Crippen molar-refractivity contribution in [2.24, 2.45) is 0 Å². The predicted molar refractivity (Wildman–Crippen MR) is 53.9 cm³/mol. The maximum atomic E-state index is 9.55. The van der Waals surface area contributed by atoms with Gasteiger partial charge in [0.2, 0.25) is 0 Å². The molecule has 0 unspecified atom stereocenters. The second-order valence-electron chi connectivity index (χ2n) is 3.06. The van der Waals surface area contributed by atoms with Crippen molar-refractivity contribution in [3.05, 3.63) is 42.4 Å². The topological polar surface area (TPSA) is 46.0 Å². The summed E-state index contributed by atoms with van der Waals surface area (Å²) in [4.78, 5) is 8.13. The van der Waals surface area contributed by atoms with Crippen molar-refractivity contribution in [3.8, 4) is 17.0 Å². The number of hydrogen-bond acceptors (Lipinski definition) is 3. The Morgan fingerprint density at radius 2 is 2.07 bits per heavy atom. The van der Waals surface area contributed by atoms with Gasteiger partial charge >= 0.3 is 0 Å². The fraction of sp³-hybridized carbons (Fsp3) is 0.0909. The molecule has 0 atom stereocenters. The minimum atomic E-state index is 0.158. The van der Waals surface area contributed by atoms with E-state index in [2.05, 4.69) is 9.97 Å². The molecule has 2 heterocycles. The molecule has 0 aliphatic heterocycles. The number of aromatic hydroxyl groups is 1. The molecule has 0 fully saturated rings. The van der Waals surface area contributed by atoms with E-state index in [1.807, 2.05) is 25.1 Å². The summed E-state index contributed by atoms with van der Waals surface area (Å²) in [5.41, 5.74) is 2.41. The second-order valence-corrected chi connectivity index (χ2v) is 3.06. The number of nitrogens with zero attached hydrogens (tertiary/aromatic N) is 2. The van der Waals surface area contributed by atoms with Gasteiger partial charge in [-0.1, -0.05) is 6.07 Å². The van der Waals surface area contributed by atoms with Gasteiger partial charge in [0, 0.05) is 17.5 Å². The molecule has 0 aromatic carbocycles. The smallest absolute Gasteiger partial charge is 0.143 e. The van der Waals surface area contributed by atoms with E-state index in [4.69, 9.17) is 0 Å². The van der Waals surface area contributed by atoms with E-state index in [1.54, 1.807) is 12.3 Å². The molecule has 0 spiro atoms. The lowest BCUT2D eigenvalue weighted by atomic mass is 10.1. The van der Waals surface area contributed by atoms with Gasteiger partial charge in [-0.3, -0.25) is 9.97 Å². The van der Waals surface area contributed by atoms with E-state index in [9.17, 15) is 5.11 Å². The number of aromatic nitrogens is 2. The molecule has 70 valence electrons. The number of hydrogen-bond donors (Lipinski definition) is 1. The molecule has 0 radical (unpaired) electrons. The normalized spacial score (nSPS) is 10.1. The average Bonchev–Trinajstić information content (AvgIpc) is 2.18. The first kappa shape index (κ1) is 8.69. The monoisotopic (exact) mass is 186 g/mol. The van der Waals surface area contributed by atoms with Gasteiger partial charge in [0.1, 0.15) is 5.75 Å². The summed E-state index contributed by atoms with van der Waals surface area (Å²) in [5.74, 6) is 0.158. The SMILES string of the molecule is Cc1cccc(-c2ccncc2O)n1. The number of rotatable bonds is 1. The van der Waals surface area contributed by atoms with Crippen LogP contribution in [0.2, 0.25) is 0 Å². The third kappa shape index (κ3) is 1.57. The average molecular weight is 186 g/mol. The predicted octanol–water partition coefficient (Wildman–Crippen LogP) is 2.16. The highest BCUT2D eigenvalue weighted by Gasteiger charge is 2.04. The van der Waals surface area contributed by atoms with Crippen LogP contribution in [0.4, 0.5) is 0 Å². The molecule has 3 heteroatoms. The molecule has 3 nitrogen and oxygen atoms in total. The fourth-order valence-electron chi connectivity index (χ4n) is 1.30. The fourth-order valence-corrected chi connectivity index (χ4v) is 1.30. The van der Waals surface area contributed by atoms with Gasteiger partial charge in [-0.25, -0.2) is 0 Å². The lowest BCUT2D eigenvalue weighted by Gasteiger charge is -2.03. The molecule has 1 N–H and O–H groups in total. The van der Waals surface area contributed by atoms with Crippen molar-refractivity contribution in [2.45, 2.75) is 6.92 Å². The van der Waals surface area contributed by atoms with Crippen LogP contribution in [0.5, 0.6) is 5.75 Å². The first-order valence-electron chi connectivity index (χ1n) is 4.34. The summed E-state index contributed by atoms with van der Waals surface area (Å²) < 4.78 is 0. The van der Waals surface area contributed by atoms with Crippen molar-refractivity contribution in [2.75, 3.05) is 0 Å². The molecule has 0 bridgehead atoms. The van der Waals surface area contributed by atoms with Crippen LogP contribution in [0, 0.1) is 6.92 Å². The van der Waals surface area contributed by atoms with Gasteiger partial charge in [-0.2, -0.15) is 0 Å². The second kappa shape index (κ2) is 3.46. The summed E-state index contributed by atoms with van der Waals surface area (Å²) >= 11 is 0. The van der Waals surface area contributed by atoms with E-state index < -0.39 is 0 Å². The van der Waals surface area contributed by atoms with Crippen molar-refractivity contribution in [1.82, 2.24) is 9.97 Å². The van der Waals surface area contributed by atoms with E-state index >= 15 is 0 Å². The molecular formula is C11H10N2O. The Kier molecular flexibility index (Phi) is 2.14. The van der Waals surface area contributed by atoms with Crippen molar-refractivity contribution < 1.29 is 5.11 Å². The van der Waals surface area contributed by atoms with Crippen LogP contribution in [0.25, 0.3) is 11.3 Å². The highest BCUT2D eigenvalue weighted by atomic mass is 16.3. The van der Waals surface area contributed by atoms with Gasteiger partial charge in [-0.15, -0.1) is 0 Å². The molecule has 2 rings (SSSR count). The summed E-state index contributed by atoms with van der Waals surface area (Å²) in [6, 6.07) is 7.44. The first-order chi connectivity index (χ1) is 6.77. The quantitative estimate of drug-likeness (QED) is 0.742. The van der Waals surface area contributed by atoms with Crippen molar-refractivity contribution in [3.63, 3.8) is 0 Å². The van der Waals surface area contributed by atoms with Crippen LogP contribution in [0.3, 0.4) is 0 Å². The Morgan fingerprint density at radius 1 is 1.21 bits per heavy atom. The Bertz CT molecular complexity index is 455. The lowest BCUT2D eigenvalue weighted by molar-refractivity contribution is 0.474. The maximum absolute atomic E-state index is 9.55. The van der Waals surface area contributed by atoms with Gasteiger partial charge < -0.3 is 5.11 Å². The molecular weight excluding hydrogens is 176 g/mol. The van der Waals surface area contributed by atoms with Gasteiger partial charge in [0.25, 0.3) is 0 Å². The van der Waals surface area contributed by atoms with Crippen LogP contribution >= 0.6 is 0 Å². The Morgan fingerprint density at radius 3 is 2.79 bits per heavy atom. The minimum absolute atomic E-state index is 0.158. The summed E-state index contributed by atoms with van der Waals surface area (Å²) in [6.07, 6.45) is 3.05. The van der Waals surface area contributed by atoms with E-state index in [0.717, 1.165) is 11.4 Å². The van der Waals surface area contributed by atoms with Crippen molar-refractivity contribution >= 4 is 0 Å². The number of aryl methyl sites for hydroxylation is 1. The summed E-state index contributed by atoms with van der Waals surface area (Å²) in [7, 11) is 0. The highest BCUT2D eigenvalue weighted by Crippen LogP contribution is 2.25. The highest BCUT2D eigenvalue weighted by molar-refractivity contribution is 5.65. The third-order valence-electron chi connectivity index (χ3n) is 1.96. The van der Waals surface area contributed by atoms with Crippen LogP contribution in [-0.2, 0) is 0 Å². The van der Waals surface area contributed by atoms with E-state index in [-0.39, 0.29) is 5.75 Å².